The second kappa shape index (κ2) is 4.89. The van der Waals surface area contributed by atoms with Gasteiger partial charge in [0.05, 0.1) is 0 Å². The van der Waals surface area contributed by atoms with Gasteiger partial charge in [0.15, 0.2) is 0 Å². The number of nitrogens with zero attached hydrogens (tertiary/aromatic N) is 1. The second-order valence-electron chi connectivity index (χ2n) is 6.83. The van der Waals surface area contributed by atoms with E-state index in [1.807, 2.05) is 0 Å². The zero-order valence-electron chi connectivity index (χ0n) is 11.4. The van der Waals surface area contributed by atoms with E-state index >= 15 is 0 Å². The summed E-state index contributed by atoms with van der Waals surface area (Å²) in [6.07, 6.45) is 10.2. The molecule has 1 spiro atoms. The minimum atomic E-state index is 0.638. The minimum absolute atomic E-state index is 0.638. The number of hydrogen-bond acceptors (Lipinski definition) is 2. The van der Waals surface area contributed by atoms with E-state index in [1.165, 1.54) is 71.1 Å². The van der Waals surface area contributed by atoms with E-state index in [2.05, 4.69) is 17.1 Å². The highest BCUT2D eigenvalue weighted by Crippen LogP contribution is 2.39. The number of piperidine rings is 2. The first kappa shape index (κ1) is 12.0. The Labute approximate surface area is 106 Å². The molecule has 1 saturated carbocycles. The van der Waals surface area contributed by atoms with E-state index in [1.54, 1.807) is 0 Å². The molecule has 3 unspecified atom stereocenters. The van der Waals surface area contributed by atoms with Gasteiger partial charge < -0.3 is 5.32 Å². The van der Waals surface area contributed by atoms with Gasteiger partial charge >= 0.3 is 0 Å². The van der Waals surface area contributed by atoms with Gasteiger partial charge in [0.1, 0.15) is 0 Å². The Hall–Kier alpha value is -0.0800. The number of nitrogens with one attached hydrogen (secondary N) is 1. The third kappa shape index (κ3) is 2.39. The van der Waals surface area contributed by atoms with Crippen molar-refractivity contribution in [2.75, 3.05) is 26.2 Å². The molecule has 3 aliphatic rings. The molecule has 1 N–H and O–H groups in total. The van der Waals surface area contributed by atoms with Crippen molar-refractivity contribution in [3.05, 3.63) is 0 Å². The Morgan fingerprint density at radius 2 is 2.00 bits per heavy atom. The summed E-state index contributed by atoms with van der Waals surface area (Å²) in [4.78, 5) is 2.86. The van der Waals surface area contributed by atoms with E-state index in [4.69, 9.17) is 0 Å². The van der Waals surface area contributed by atoms with Crippen molar-refractivity contribution < 1.29 is 0 Å². The zero-order chi connectivity index (χ0) is 11.7. The zero-order valence-corrected chi connectivity index (χ0v) is 11.4. The van der Waals surface area contributed by atoms with Crippen LogP contribution in [0.4, 0.5) is 0 Å². The minimum Gasteiger partial charge on any atom is -0.316 e. The van der Waals surface area contributed by atoms with Gasteiger partial charge in [-0.25, -0.2) is 0 Å². The van der Waals surface area contributed by atoms with Gasteiger partial charge in [-0.3, -0.25) is 4.90 Å². The molecule has 2 nitrogen and oxygen atoms in total. The lowest BCUT2D eigenvalue weighted by Gasteiger charge is -2.48. The largest absolute Gasteiger partial charge is 0.316 e. The average molecular weight is 236 g/mol. The van der Waals surface area contributed by atoms with Crippen molar-refractivity contribution >= 4 is 0 Å². The Morgan fingerprint density at radius 3 is 2.71 bits per heavy atom. The fourth-order valence-corrected chi connectivity index (χ4v) is 4.58. The fourth-order valence-electron chi connectivity index (χ4n) is 4.58. The second-order valence-corrected chi connectivity index (χ2v) is 6.83. The monoisotopic (exact) mass is 236 g/mol. The molecule has 0 aromatic rings. The Morgan fingerprint density at radius 1 is 1.12 bits per heavy atom. The highest BCUT2D eigenvalue weighted by molar-refractivity contribution is 4.95. The average Bonchev–Trinajstić information content (AvgIpc) is 2.77. The molecule has 0 aromatic carbocycles. The van der Waals surface area contributed by atoms with Crippen molar-refractivity contribution in [1.29, 1.82) is 0 Å². The molecule has 0 bridgehead atoms. The highest BCUT2D eigenvalue weighted by Gasteiger charge is 2.40. The lowest BCUT2D eigenvalue weighted by atomic mass is 9.74. The van der Waals surface area contributed by atoms with Crippen LogP contribution in [-0.4, -0.2) is 37.1 Å². The summed E-state index contributed by atoms with van der Waals surface area (Å²) in [5.41, 5.74) is 0.638. The van der Waals surface area contributed by atoms with E-state index in [0.29, 0.717) is 5.41 Å². The summed E-state index contributed by atoms with van der Waals surface area (Å²) in [5, 5.41) is 3.64. The number of likely N-dealkylation sites (tertiary alicyclic amines) is 1. The van der Waals surface area contributed by atoms with Crippen LogP contribution in [0, 0.1) is 11.3 Å². The quantitative estimate of drug-likeness (QED) is 0.753. The molecule has 1 aliphatic carbocycles. The summed E-state index contributed by atoms with van der Waals surface area (Å²) in [6, 6.07) is 0.911. The van der Waals surface area contributed by atoms with Gasteiger partial charge in [-0.05, 0) is 62.9 Å². The molecule has 2 saturated heterocycles. The van der Waals surface area contributed by atoms with Gasteiger partial charge in [0.25, 0.3) is 0 Å². The van der Waals surface area contributed by atoms with Gasteiger partial charge in [0, 0.05) is 19.1 Å². The van der Waals surface area contributed by atoms with Crippen molar-refractivity contribution in [2.45, 2.75) is 57.9 Å². The van der Waals surface area contributed by atoms with Gasteiger partial charge in [-0.2, -0.15) is 0 Å². The standard InChI is InChI=1S/C15H28N2/c1-13-5-2-6-14(13)17-10-4-8-15(12-17)7-3-9-16-11-15/h13-14,16H,2-12H2,1H3. The normalized spacial score (nSPS) is 44.3. The van der Waals surface area contributed by atoms with E-state index in [9.17, 15) is 0 Å². The molecular formula is C15H28N2. The molecule has 0 aromatic heterocycles. The summed E-state index contributed by atoms with van der Waals surface area (Å²) < 4.78 is 0. The van der Waals surface area contributed by atoms with E-state index in [0.717, 1.165) is 12.0 Å². The SMILES string of the molecule is CC1CCCC1N1CCCC2(CCCNC2)C1. The van der Waals surface area contributed by atoms with Crippen LogP contribution in [0.2, 0.25) is 0 Å². The van der Waals surface area contributed by atoms with Crippen LogP contribution in [-0.2, 0) is 0 Å². The summed E-state index contributed by atoms with van der Waals surface area (Å²) in [5.74, 6) is 0.946. The molecule has 0 radical (unpaired) electrons. The molecule has 98 valence electrons. The van der Waals surface area contributed by atoms with Crippen LogP contribution in [0.15, 0.2) is 0 Å². The highest BCUT2D eigenvalue weighted by atomic mass is 15.2. The number of rotatable bonds is 1. The van der Waals surface area contributed by atoms with Crippen LogP contribution in [0.25, 0.3) is 0 Å². The molecule has 17 heavy (non-hydrogen) atoms. The molecular weight excluding hydrogens is 208 g/mol. The van der Waals surface area contributed by atoms with Crippen molar-refractivity contribution in [2.24, 2.45) is 11.3 Å². The van der Waals surface area contributed by atoms with Crippen LogP contribution >= 0.6 is 0 Å². The van der Waals surface area contributed by atoms with Gasteiger partial charge in [-0.15, -0.1) is 0 Å². The molecule has 2 heteroatoms. The van der Waals surface area contributed by atoms with Crippen LogP contribution < -0.4 is 5.32 Å². The smallest absolute Gasteiger partial charge is 0.0121 e. The Kier molecular flexibility index (Phi) is 3.45. The van der Waals surface area contributed by atoms with Gasteiger partial charge in [0.2, 0.25) is 0 Å². The predicted molar refractivity (Wildman–Crippen MR) is 72.1 cm³/mol. The molecule has 0 amide bonds. The first-order valence-electron chi connectivity index (χ1n) is 7.74. The maximum absolute atomic E-state index is 3.64. The molecule has 3 fully saturated rings. The Bertz CT molecular complexity index is 252. The van der Waals surface area contributed by atoms with E-state index in [-0.39, 0.29) is 0 Å². The summed E-state index contributed by atoms with van der Waals surface area (Å²) in [7, 11) is 0. The van der Waals surface area contributed by atoms with Crippen LogP contribution in [0.3, 0.4) is 0 Å². The molecule has 3 atom stereocenters. The van der Waals surface area contributed by atoms with Crippen molar-refractivity contribution in [3.8, 4) is 0 Å². The first-order valence-corrected chi connectivity index (χ1v) is 7.74. The maximum Gasteiger partial charge on any atom is 0.0121 e. The van der Waals surface area contributed by atoms with Crippen LogP contribution in [0.5, 0.6) is 0 Å². The fraction of sp³-hybridized carbons (Fsp3) is 1.00. The topological polar surface area (TPSA) is 15.3 Å². The third-order valence-corrected chi connectivity index (χ3v) is 5.54. The summed E-state index contributed by atoms with van der Waals surface area (Å²) in [6.45, 7) is 7.76. The molecule has 3 rings (SSSR count). The number of hydrogen-bond donors (Lipinski definition) is 1. The van der Waals surface area contributed by atoms with Crippen molar-refractivity contribution in [1.82, 2.24) is 10.2 Å². The molecule has 2 heterocycles. The summed E-state index contributed by atoms with van der Waals surface area (Å²) >= 11 is 0. The van der Waals surface area contributed by atoms with Crippen LogP contribution in [0.1, 0.15) is 51.9 Å². The predicted octanol–water partition coefficient (Wildman–Crippen LogP) is 2.64. The Balaban J connectivity index is 1.66. The lowest BCUT2D eigenvalue weighted by Crippen LogP contribution is -2.54. The first-order chi connectivity index (χ1) is 8.29. The van der Waals surface area contributed by atoms with Crippen molar-refractivity contribution in [3.63, 3.8) is 0 Å². The third-order valence-electron chi connectivity index (χ3n) is 5.54. The van der Waals surface area contributed by atoms with E-state index < -0.39 is 0 Å². The maximum atomic E-state index is 3.64. The lowest BCUT2D eigenvalue weighted by molar-refractivity contribution is 0.0284. The molecule has 2 aliphatic heterocycles. The van der Waals surface area contributed by atoms with Gasteiger partial charge in [-0.1, -0.05) is 13.3 Å².